The van der Waals surface area contributed by atoms with Gasteiger partial charge < -0.3 is 9.88 Å². The minimum absolute atomic E-state index is 0.322. The Morgan fingerprint density at radius 3 is 2.73 bits per heavy atom. The summed E-state index contributed by atoms with van der Waals surface area (Å²) in [6, 6.07) is 2.37. The fourth-order valence-electron chi connectivity index (χ4n) is 1.07. The number of hydrogen-bond donors (Lipinski definition) is 1. The average molecular weight is 173 g/mol. The lowest BCUT2D eigenvalue weighted by atomic mass is 10.2. The molecule has 2 nitrogen and oxygen atoms in total. The highest BCUT2D eigenvalue weighted by atomic mass is 35.5. The van der Waals surface area contributed by atoms with Gasteiger partial charge in [-0.25, -0.2) is 0 Å². The van der Waals surface area contributed by atoms with Gasteiger partial charge in [-0.2, -0.15) is 0 Å². The van der Waals surface area contributed by atoms with Gasteiger partial charge in [0.05, 0.1) is 0 Å². The molecule has 0 saturated heterocycles. The quantitative estimate of drug-likeness (QED) is 0.690. The van der Waals surface area contributed by atoms with Gasteiger partial charge in [0.25, 0.3) is 0 Å². The van der Waals surface area contributed by atoms with Crippen molar-refractivity contribution in [3.05, 3.63) is 24.0 Å². The molecular weight excluding hydrogens is 160 g/mol. The number of nitrogens with one attached hydrogen (secondary N) is 1. The van der Waals surface area contributed by atoms with Crippen molar-refractivity contribution in [2.24, 2.45) is 0 Å². The summed E-state index contributed by atoms with van der Waals surface area (Å²) in [5, 5.41) is 0. The van der Waals surface area contributed by atoms with Crippen molar-refractivity contribution in [3.63, 3.8) is 0 Å². The molecule has 0 aliphatic rings. The molecule has 11 heavy (non-hydrogen) atoms. The monoisotopic (exact) mass is 172 g/mol. The fraction of sp³-hybridized carbons (Fsp3) is 0.500. The minimum atomic E-state index is 0.322. The normalized spacial score (nSPS) is 13.8. The number of alkyl halides is 1. The second-order valence-electron chi connectivity index (χ2n) is 2.78. The van der Waals surface area contributed by atoms with Gasteiger partial charge in [0.1, 0.15) is 0 Å². The summed E-state index contributed by atoms with van der Waals surface area (Å²) < 4.78 is 0. The maximum Gasteiger partial charge on any atom is 0.0492 e. The maximum atomic E-state index is 5.80. The Kier molecular flexibility index (Phi) is 2.97. The van der Waals surface area contributed by atoms with E-state index >= 15 is 0 Å². The first kappa shape index (κ1) is 8.62. The molecule has 0 aliphatic heterocycles. The van der Waals surface area contributed by atoms with Crippen LogP contribution in [0.1, 0.15) is 11.6 Å². The number of rotatable bonds is 3. The van der Waals surface area contributed by atoms with E-state index in [1.54, 1.807) is 0 Å². The topological polar surface area (TPSA) is 19.0 Å². The third kappa shape index (κ3) is 1.98. The van der Waals surface area contributed by atoms with Gasteiger partial charge in [-0.05, 0) is 25.7 Å². The molecular formula is C8H13ClN2. The Morgan fingerprint density at radius 2 is 2.36 bits per heavy atom. The van der Waals surface area contributed by atoms with E-state index < -0.39 is 0 Å². The number of halogens is 1. The number of H-pyrrole nitrogens is 1. The van der Waals surface area contributed by atoms with Crippen LogP contribution in [0.3, 0.4) is 0 Å². The van der Waals surface area contributed by atoms with Crippen LogP contribution < -0.4 is 0 Å². The zero-order chi connectivity index (χ0) is 8.27. The van der Waals surface area contributed by atoms with E-state index in [-0.39, 0.29) is 0 Å². The molecule has 1 aromatic rings. The largest absolute Gasteiger partial charge is 0.367 e. The fourth-order valence-corrected chi connectivity index (χ4v) is 1.52. The van der Waals surface area contributed by atoms with Crippen LogP contribution in [-0.4, -0.2) is 29.9 Å². The number of aromatic nitrogens is 1. The van der Waals surface area contributed by atoms with E-state index in [9.17, 15) is 0 Å². The lowest BCUT2D eigenvalue weighted by Gasteiger charge is -2.20. The summed E-state index contributed by atoms with van der Waals surface area (Å²) in [7, 11) is 4.06. The molecule has 62 valence electrons. The van der Waals surface area contributed by atoms with Gasteiger partial charge in [0.2, 0.25) is 0 Å². The standard InChI is InChI=1S/C8H13ClN2/c1-11(2)8(5-9)7-3-4-10-6-7/h3-4,6,8,10H,5H2,1-2H3. The molecule has 0 amide bonds. The van der Waals surface area contributed by atoms with Gasteiger partial charge in [0.15, 0.2) is 0 Å². The Morgan fingerprint density at radius 1 is 1.64 bits per heavy atom. The van der Waals surface area contributed by atoms with E-state index in [2.05, 4.69) is 9.88 Å². The first-order valence-electron chi connectivity index (χ1n) is 3.60. The Hall–Kier alpha value is -0.470. The summed E-state index contributed by atoms with van der Waals surface area (Å²) in [5.74, 6) is 0.630. The number of aromatic amines is 1. The molecule has 0 aromatic carbocycles. The van der Waals surface area contributed by atoms with Crippen LogP contribution in [0.2, 0.25) is 0 Å². The van der Waals surface area contributed by atoms with Crippen LogP contribution in [0.5, 0.6) is 0 Å². The molecule has 1 unspecified atom stereocenters. The summed E-state index contributed by atoms with van der Waals surface area (Å²) in [5.41, 5.74) is 1.24. The molecule has 0 spiro atoms. The number of hydrogen-bond acceptors (Lipinski definition) is 1. The van der Waals surface area contributed by atoms with E-state index in [1.165, 1.54) is 5.56 Å². The van der Waals surface area contributed by atoms with Crippen LogP contribution in [0.4, 0.5) is 0 Å². The average Bonchev–Trinajstić information content (AvgIpc) is 2.40. The van der Waals surface area contributed by atoms with Crippen molar-refractivity contribution in [1.29, 1.82) is 0 Å². The minimum Gasteiger partial charge on any atom is -0.367 e. The summed E-state index contributed by atoms with van der Waals surface area (Å²) >= 11 is 5.80. The van der Waals surface area contributed by atoms with Crippen molar-refractivity contribution in [2.45, 2.75) is 6.04 Å². The Balaban J connectivity index is 2.71. The second-order valence-corrected chi connectivity index (χ2v) is 3.09. The molecule has 1 aromatic heterocycles. The van der Waals surface area contributed by atoms with Crippen LogP contribution in [-0.2, 0) is 0 Å². The molecule has 0 fully saturated rings. The highest BCUT2D eigenvalue weighted by Gasteiger charge is 2.11. The number of nitrogens with zero attached hydrogens (tertiary/aromatic N) is 1. The zero-order valence-electron chi connectivity index (χ0n) is 6.84. The van der Waals surface area contributed by atoms with Gasteiger partial charge in [-0.3, -0.25) is 0 Å². The summed E-state index contributed by atoms with van der Waals surface area (Å²) in [6.45, 7) is 0. The smallest absolute Gasteiger partial charge is 0.0492 e. The molecule has 3 heteroatoms. The van der Waals surface area contributed by atoms with E-state index in [4.69, 9.17) is 11.6 Å². The van der Waals surface area contributed by atoms with E-state index in [1.807, 2.05) is 32.6 Å². The summed E-state index contributed by atoms with van der Waals surface area (Å²) in [6.07, 6.45) is 3.89. The molecule has 0 radical (unpaired) electrons. The van der Waals surface area contributed by atoms with Crippen molar-refractivity contribution >= 4 is 11.6 Å². The predicted octanol–water partition coefficient (Wildman–Crippen LogP) is 1.86. The first-order valence-corrected chi connectivity index (χ1v) is 4.14. The Labute approximate surface area is 72.2 Å². The van der Waals surface area contributed by atoms with Crippen LogP contribution >= 0.6 is 11.6 Å². The lowest BCUT2D eigenvalue weighted by Crippen LogP contribution is -2.20. The van der Waals surface area contributed by atoms with E-state index in [0.717, 1.165) is 0 Å². The van der Waals surface area contributed by atoms with Crippen LogP contribution in [0.15, 0.2) is 18.5 Å². The van der Waals surface area contributed by atoms with Gasteiger partial charge in [0, 0.05) is 24.3 Å². The molecule has 0 aliphatic carbocycles. The molecule has 1 N–H and O–H groups in total. The Bertz CT molecular complexity index is 194. The molecule has 1 rings (SSSR count). The van der Waals surface area contributed by atoms with Crippen LogP contribution in [0.25, 0.3) is 0 Å². The van der Waals surface area contributed by atoms with Gasteiger partial charge >= 0.3 is 0 Å². The summed E-state index contributed by atoms with van der Waals surface area (Å²) in [4.78, 5) is 5.12. The first-order chi connectivity index (χ1) is 5.25. The second kappa shape index (κ2) is 3.79. The highest BCUT2D eigenvalue weighted by Crippen LogP contribution is 2.18. The van der Waals surface area contributed by atoms with E-state index in [0.29, 0.717) is 11.9 Å². The highest BCUT2D eigenvalue weighted by molar-refractivity contribution is 6.18. The molecule has 0 saturated carbocycles. The third-order valence-electron chi connectivity index (χ3n) is 1.78. The molecule has 1 atom stereocenters. The van der Waals surface area contributed by atoms with Crippen molar-refractivity contribution in [1.82, 2.24) is 9.88 Å². The van der Waals surface area contributed by atoms with Crippen molar-refractivity contribution in [3.8, 4) is 0 Å². The van der Waals surface area contributed by atoms with Crippen LogP contribution in [0, 0.1) is 0 Å². The lowest BCUT2D eigenvalue weighted by molar-refractivity contribution is 0.325. The predicted molar refractivity (Wildman–Crippen MR) is 47.9 cm³/mol. The molecule has 0 bridgehead atoms. The molecule has 1 heterocycles. The third-order valence-corrected chi connectivity index (χ3v) is 2.07. The SMILES string of the molecule is CN(C)C(CCl)c1cc[nH]c1. The van der Waals surface area contributed by atoms with Gasteiger partial charge in [-0.15, -0.1) is 11.6 Å². The maximum absolute atomic E-state index is 5.80. The van der Waals surface area contributed by atoms with Gasteiger partial charge in [-0.1, -0.05) is 0 Å². The van der Waals surface area contributed by atoms with Crippen molar-refractivity contribution in [2.75, 3.05) is 20.0 Å². The zero-order valence-corrected chi connectivity index (χ0v) is 7.60. The van der Waals surface area contributed by atoms with Crippen molar-refractivity contribution < 1.29 is 0 Å².